The maximum absolute atomic E-state index is 12.7. The first-order valence-corrected chi connectivity index (χ1v) is 10.2. The molecule has 10 heteroatoms. The summed E-state index contributed by atoms with van der Waals surface area (Å²) in [6.45, 7) is 0.304. The van der Waals surface area contributed by atoms with Gasteiger partial charge < -0.3 is 10.2 Å². The highest BCUT2D eigenvalue weighted by Crippen LogP contribution is 2.33. The van der Waals surface area contributed by atoms with Crippen molar-refractivity contribution in [3.05, 3.63) is 46.5 Å². The van der Waals surface area contributed by atoms with Crippen molar-refractivity contribution in [3.8, 4) is 0 Å². The first-order valence-electron chi connectivity index (χ1n) is 9.30. The van der Waals surface area contributed by atoms with Gasteiger partial charge >= 0.3 is 12.2 Å². The number of halogens is 3. The average molecular weight is 424 g/mol. The van der Waals surface area contributed by atoms with Crippen LogP contribution in [0.15, 0.2) is 29.6 Å². The van der Waals surface area contributed by atoms with Crippen molar-refractivity contribution in [1.82, 2.24) is 15.2 Å². The predicted molar refractivity (Wildman–Crippen MR) is 102 cm³/mol. The van der Waals surface area contributed by atoms with Crippen LogP contribution >= 0.6 is 11.3 Å². The molecule has 2 aliphatic rings. The minimum Gasteiger partial charge on any atom is -0.349 e. The summed E-state index contributed by atoms with van der Waals surface area (Å²) in [5.74, 6) is -0.111. The van der Waals surface area contributed by atoms with Gasteiger partial charge in [0.2, 0.25) is 0 Å². The number of amides is 3. The van der Waals surface area contributed by atoms with E-state index in [9.17, 15) is 22.8 Å². The molecule has 2 aromatic rings. The second-order valence-electron chi connectivity index (χ2n) is 7.27. The molecule has 6 nitrogen and oxygen atoms in total. The largest absolute Gasteiger partial charge is 0.434 e. The lowest BCUT2D eigenvalue weighted by Gasteiger charge is -2.22. The topological polar surface area (TPSA) is 74.3 Å². The number of aromatic nitrogens is 1. The first-order chi connectivity index (χ1) is 13.8. The summed E-state index contributed by atoms with van der Waals surface area (Å²) in [4.78, 5) is 29.7. The normalized spacial score (nSPS) is 16.4. The van der Waals surface area contributed by atoms with Gasteiger partial charge in [-0.1, -0.05) is 12.1 Å². The molecule has 29 heavy (non-hydrogen) atoms. The predicted octanol–water partition coefficient (Wildman–Crippen LogP) is 4.25. The molecule has 3 amide bonds. The number of hydrogen-bond acceptors (Lipinski definition) is 4. The molecule has 1 heterocycles. The monoisotopic (exact) mass is 424 g/mol. The van der Waals surface area contributed by atoms with Crippen molar-refractivity contribution in [3.63, 3.8) is 0 Å². The van der Waals surface area contributed by atoms with E-state index in [1.807, 2.05) is 0 Å². The van der Waals surface area contributed by atoms with E-state index in [0.29, 0.717) is 12.1 Å². The van der Waals surface area contributed by atoms with E-state index in [2.05, 4.69) is 15.6 Å². The fraction of sp³-hybridized carbons (Fsp3) is 0.421. The average Bonchev–Trinajstić information content (AvgIpc) is 3.60. The van der Waals surface area contributed by atoms with E-state index < -0.39 is 17.9 Å². The maximum atomic E-state index is 12.7. The van der Waals surface area contributed by atoms with Crippen LogP contribution in [-0.2, 0) is 12.7 Å². The molecule has 0 unspecified atom stereocenters. The Hall–Kier alpha value is -2.62. The van der Waals surface area contributed by atoms with E-state index >= 15 is 0 Å². The van der Waals surface area contributed by atoms with Gasteiger partial charge in [0.1, 0.15) is 0 Å². The van der Waals surface area contributed by atoms with E-state index in [-0.39, 0.29) is 23.1 Å². The maximum Gasteiger partial charge on any atom is 0.434 e. The lowest BCUT2D eigenvalue weighted by Crippen LogP contribution is -2.36. The summed E-state index contributed by atoms with van der Waals surface area (Å²) in [5, 5.41) is 6.18. The number of alkyl halides is 3. The van der Waals surface area contributed by atoms with Crippen LogP contribution in [0.25, 0.3) is 0 Å². The molecule has 2 aliphatic carbocycles. The number of carbonyl (C=O) groups is 2. The van der Waals surface area contributed by atoms with Crippen molar-refractivity contribution < 1.29 is 22.8 Å². The molecule has 0 spiro atoms. The van der Waals surface area contributed by atoms with Crippen LogP contribution in [0, 0.1) is 0 Å². The molecule has 2 saturated carbocycles. The van der Waals surface area contributed by atoms with Crippen LogP contribution < -0.4 is 10.6 Å². The third-order valence-electron chi connectivity index (χ3n) is 4.74. The highest BCUT2D eigenvalue weighted by Gasteiger charge is 2.35. The van der Waals surface area contributed by atoms with Crippen molar-refractivity contribution in [2.24, 2.45) is 0 Å². The molecule has 1 aromatic heterocycles. The van der Waals surface area contributed by atoms with Crippen molar-refractivity contribution >= 4 is 28.4 Å². The molecule has 1 aromatic carbocycles. The summed E-state index contributed by atoms with van der Waals surface area (Å²) in [5.41, 5.74) is 0.381. The van der Waals surface area contributed by atoms with E-state index in [4.69, 9.17) is 0 Å². The number of anilines is 1. The number of rotatable bonds is 6. The van der Waals surface area contributed by atoms with Crippen molar-refractivity contribution in [2.75, 3.05) is 5.32 Å². The fourth-order valence-corrected chi connectivity index (χ4v) is 3.54. The third-order valence-corrected chi connectivity index (χ3v) is 5.50. The van der Waals surface area contributed by atoms with Gasteiger partial charge in [-0.25, -0.2) is 9.78 Å². The summed E-state index contributed by atoms with van der Waals surface area (Å²) in [6, 6.07) is 6.85. The van der Waals surface area contributed by atoms with E-state index in [0.717, 1.165) is 48.0 Å². The van der Waals surface area contributed by atoms with Gasteiger partial charge in [-0.3, -0.25) is 10.1 Å². The second-order valence-corrected chi connectivity index (χ2v) is 8.13. The van der Waals surface area contributed by atoms with E-state index in [1.165, 1.54) is 0 Å². The number of benzene rings is 1. The van der Waals surface area contributed by atoms with Crippen LogP contribution in [0.1, 0.15) is 47.3 Å². The zero-order valence-electron chi connectivity index (χ0n) is 15.3. The highest BCUT2D eigenvalue weighted by molar-refractivity contribution is 7.13. The number of hydrogen-bond donors (Lipinski definition) is 2. The molecular formula is C19H19F3N4O2S. The molecule has 2 N–H and O–H groups in total. The summed E-state index contributed by atoms with van der Waals surface area (Å²) in [6.07, 6.45) is -0.817. The third kappa shape index (κ3) is 5.06. The zero-order chi connectivity index (χ0) is 20.6. The number of nitrogens with one attached hydrogen (secondary N) is 2. The summed E-state index contributed by atoms with van der Waals surface area (Å²) >= 11 is 0.741. The van der Waals surface area contributed by atoms with Crippen LogP contribution in [-0.4, -0.2) is 33.9 Å². The van der Waals surface area contributed by atoms with Gasteiger partial charge in [0, 0.05) is 29.6 Å². The lowest BCUT2D eigenvalue weighted by molar-refractivity contribution is -0.140. The Kier molecular flexibility index (Phi) is 5.20. The minimum absolute atomic E-state index is 0.0508. The number of urea groups is 1. The Morgan fingerprint density at radius 2 is 1.83 bits per heavy atom. The SMILES string of the molecule is O=C(NC1CC1)c1ccc(CN(C(=O)Nc2nc(C(F)(F)F)cs2)C2CC2)cc1. The van der Waals surface area contributed by atoms with E-state index in [1.54, 1.807) is 29.2 Å². The number of nitrogens with zero attached hydrogens (tertiary/aromatic N) is 2. The molecule has 4 rings (SSSR count). The van der Waals surface area contributed by atoms with Crippen LogP contribution in [0.4, 0.5) is 23.1 Å². The van der Waals surface area contributed by atoms with Gasteiger partial charge in [0.25, 0.3) is 5.91 Å². The minimum atomic E-state index is -4.54. The van der Waals surface area contributed by atoms with Crippen LogP contribution in [0.5, 0.6) is 0 Å². The zero-order valence-corrected chi connectivity index (χ0v) is 16.1. The molecule has 154 valence electrons. The standard InChI is InChI=1S/C19H19F3N4O2S/c20-19(21,22)15-10-29-17(24-15)25-18(28)26(14-7-8-14)9-11-1-3-12(4-2-11)16(27)23-13-5-6-13/h1-4,10,13-14H,5-9H2,(H,23,27)(H,24,25,28). The molecule has 0 saturated heterocycles. The molecule has 0 radical (unpaired) electrons. The fourth-order valence-electron chi connectivity index (χ4n) is 2.83. The van der Waals surface area contributed by atoms with Crippen molar-refractivity contribution in [2.45, 2.75) is 50.5 Å². The second kappa shape index (κ2) is 7.66. The Bertz CT molecular complexity index is 905. The molecule has 2 fully saturated rings. The van der Waals surface area contributed by atoms with Gasteiger partial charge in [0.15, 0.2) is 10.8 Å². The molecule has 0 bridgehead atoms. The van der Waals surface area contributed by atoms with Gasteiger partial charge in [0.05, 0.1) is 0 Å². The van der Waals surface area contributed by atoms with Crippen molar-refractivity contribution in [1.29, 1.82) is 0 Å². The van der Waals surface area contributed by atoms with Gasteiger partial charge in [-0.2, -0.15) is 13.2 Å². The Labute approximate surface area is 169 Å². The number of carbonyl (C=O) groups excluding carboxylic acids is 2. The molecule has 0 aliphatic heterocycles. The van der Waals surface area contributed by atoms with Gasteiger partial charge in [-0.05, 0) is 43.4 Å². The molecular weight excluding hydrogens is 405 g/mol. The highest BCUT2D eigenvalue weighted by atomic mass is 32.1. The Morgan fingerprint density at radius 3 is 2.38 bits per heavy atom. The lowest BCUT2D eigenvalue weighted by atomic mass is 10.1. The molecule has 0 atom stereocenters. The first kappa shape index (κ1) is 19.7. The van der Waals surface area contributed by atoms with Crippen LogP contribution in [0.3, 0.4) is 0 Å². The number of thiazole rings is 1. The summed E-state index contributed by atoms with van der Waals surface area (Å²) in [7, 11) is 0. The quantitative estimate of drug-likeness (QED) is 0.728. The van der Waals surface area contributed by atoms with Crippen LogP contribution in [0.2, 0.25) is 0 Å². The van der Waals surface area contributed by atoms with Gasteiger partial charge in [-0.15, -0.1) is 11.3 Å². The smallest absolute Gasteiger partial charge is 0.349 e. The Morgan fingerprint density at radius 1 is 1.14 bits per heavy atom. The summed E-state index contributed by atoms with van der Waals surface area (Å²) < 4.78 is 38.0. The Balaban J connectivity index is 1.39.